The summed E-state index contributed by atoms with van der Waals surface area (Å²) in [5.41, 5.74) is 0. The minimum atomic E-state index is -0.317. The van der Waals surface area contributed by atoms with Crippen molar-refractivity contribution in [3.05, 3.63) is 42.2 Å². The fourth-order valence-corrected chi connectivity index (χ4v) is 1.55. The van der Waals surface area contributed by atoms with Crippen molar-refractivity contribution in [1.82, 2.24) is 20.5 Å². The minimum Gasteiger partial charge on any atom is -0.493 e. The van der Waals surface area contributed by atoms with E-state index in [0.29, 0.717) is 18.7 Å². The van der Waals surface area contributed by atoms with Crippen molar-refractivity contribution in [3.63, 3.8) is 0 Å². The highest BCUT2D eigenvalue weighted by atomic mass is 19.1. The molecule has 7 heteroatoms. The second-order valence-corrected chi connectivity index (χ2v) is 4.08. The molecule has 2 aromatic rings. The highest BCUT2D eigenvalue weighted by Crippen LogP contribution is 2.10. The number of ether oxygens (including phenoxy) is 1. The summed E-state index contributed by atoms with van der Waals surface area (Å²) in [4.78, 5) is 15.5. The van der Waals surface area contributed by atoms with Crippen LogP contribution in [0.2, 0.25) is 0 Å². The van der Waals surface area contributed by atoms with Gasteiger partial charge in [-0.2, -0.15) is 5.10 Å². The zero-order chi connectivity index (χ0) is 14.2. The quantitative estimate of drug-likeness (QED) is 0.794. The van der Waals surface area contributed by atoms with E-state index in [4.69, 9.17) is 4.74 Å². The van der Waals surface area contributed by atoms with Crippen LogP contribution >= 0.6 is 0 Å². The molecule has 6 nitrogen and oxygen atoms in total. The molecule has 0 fully saturated rings. The van der Waals surface area contributed by atoms with E-state index in [-0.39, 0.29) is 24.8 Å². The molecule has 0 aliphatic rings. The predicted octanol–water partition coefficient (Wildman–Crippen LogP) is 1.07. The molecule has 0 radical (unpaired) electrons. The molecule has 0 aliphatic heterocycles. The van der Waals surface area contributed by atoms with Crippen molar-refractivity contribution in [2.75, 3.05) is 13.2 Å². The van der Waals surface area contributed by atoms with Crippen LogP contribution in [0.4, 0.5) is 4.39 Å². The second-order valence-electron chi connectivity index (χ2n) is 4.08. The first-order chi connectivity index (χ1) is 9.74. The Morgan fingerprint density at radius 1 is 1.35 bits per heavy atom. The van der Waals surface area contributed by atoms with Crippen molar-refractivity contribution < 1.29 is 13.9 Å². The summed E-state index contributed by atoms with van der Waals surface area (Å²) >= 11 is 0. The number of aromatic nitrogens is 3. The van der Waals surface area contributed by atoms with Gasteiger partial charge < -0.3 is 10.1 Å². The Kier molecular flexibility index (Phi) is 5.05. The lowest BCUT2D eigenvalue weighted by molar-refractivity contribution is -0.121. The lowest BCUT2D eigenvalue weighted by Gasteiger charge is -2.06. The number of H-pyrrole nitrogens is 1. The molecule has 0 atom stereocenters. The van der Waals surface area contributed by atoms with Crippen LogP contribution in [0.1, 0.15) is 12.2 Å². The first kappa shape index (κ1) is 14.0. The standard InChI is InChI=1S/C13H15FN4O2/c14-10-1-3-11(4-2-10)20-8-6-13(19)15-7-5-12-16-9-17-18-12/h1-4,9H,5-8H2,(H,15,19)(H,16,17,18). The average molecular weight is 278 g/mol. The fraction of sp³-hybridized carbons (Fsp3) is 0.308. The van der Waals surface area contributed by atoms with Gasteiger partial charge in [0.1, 0.15) is 23.7 Å². The number of amides is 1. The maximum Gasteiger partial charge on any atom is 0.223 e. The summed E-state index contributed by atoms with van der Waals surface area (Å²) in [6, 6.07) is 5.67. The van der Waals surface area contributed by atoms with Crippen molar-refractivity contribution in [1.29, 1.82) is 0 Å². The first-order valence-electron chi connectivity index (χ1n) is 6.23. The molecule has 0 saturated carbocycles. The Labute approximate surface area is 115 Å². The monoisotopic (exact) mass is 278 g/mol. The van der Waals surface area contributed by atoms with Crippen LogP contribution in [-0.2, 0) is 11.2 Å². The Morgan fingerprint density at radius 2 is 2.15 bits per heavy atom. The van der Waals surface area contributed by atoms with E-state index in [1.807, 2.05) is 0 Å². The molecule has 106 valence electrons. The summed E-state index contributed by atoms with van der Waals surface area (Å²) in [6.45, 7) is 0.740. The van der Waals surface area contributed by atoms with Crippen molar-refractivity contribution in [2.24, 2.45) is 0 Å². The summed E-state index contributed by atoms with van der Waals surface area (Å²) in [7, 11) is 0. The number of carbonyl (C=O) groups excluding carboxylic acids is 1. The Bertz CT molecular complexity index is 528. The number of nitrogens with zero attached hydrogens (tertiary/aromatic N) is 2. The molecule has 0 spiro atoms. The maximum atomic E-state index is 12.7. The topological polar surface area (TPSA) is 79.9 Å². The average Bonchev–Trinajstić information content (AvgIpc) is 2.94. The largest absolute Gasteiger partial charge is 0.493 e. The van der Waals surface area contributed by atoms with Crippen LogP contribution in [0, 0.1) is 5.82 Å². The third kappa shape index (κ3) is 4.68. The SMILES string of the molecule is O=C(CCOc1ccc(F)cc1)NCCc1ncn[nH]1. The number of halogens is 1. The van der Waals surface area contributed by atoms with Crippen molar-refractivity contribution in [2.45, 2.75) is 12.8 Å². The fourth-order valence-electron chi connectivity index (χ4n) is 1.55. The van der Waals surface area contributed by atoms with Gasteiger partial charge in [0.2, 0.25) is 5.91 Å². The molecule has 0 saturated heterocycles. The van der Waals surface area contributed by atoms with Gasteiger partial charge in [-0.25, -0.2) is 9.37 Å². The number of hydrogen-bond donors (Lipinski definition) is 2. The molecule has 1 amide bonds. The highest BCUT2D eigenvalue weighted by Gasteiger charge is 2.03. The molecular weight excluding hydrogens is 263 g/mol. The zero-order valence-corrected chi connectivity index (χ0v) is 10.8. The summed E-state index contributed by atoms with van der Waals surface area (Å²) < 4.78 is 18.0. The Balaban J connectivity index is 1.59. The van der Waals surface area contributed by atoms with E-state index in [9.17, 15) is 9.18 Å². The van der Waals surface area contributed by atoms with E-state index in [1.54, 1.807) is 0 Å². The molecule has 0 bridgehead atoms. The third-order valence-electron chi connectivity index (χ3n) is 2.56. The smallest absolute Gasteiger partial charge is 0.223 e. The molecule has 2 rings (SSSR count). The molecular formula is C13H15FN4O2. The molecule has 1 aromatic carbocycles. The molecule has 1 aromatic heterocycles. The van der Waals surface area contributed by atoms with E-state index in [2.05, 4.69) is 20.5 Å². The van der Waals surface area contributed by atoms with Gasteiger partial charge in [0.25, 0.3) is 0 Å². The van der Waals surface area contributed by atoms with Gasteiger partial charge in [-0.1, -0.05) is 0 Å². The second kappa shape index (κ2) is 7.22. The van der Waals surface area contributed by atoms with Gasteiger partial charge >= 0.3 is 0 Å². The summed E-state index contributed by atoms with van der Waals surface area (Å²) in [5.74, 6) is 0.850. The van der Waals surface area contributed by atoms with E-state index < -0.39 is 0 Å². The van der Waals surface area contributed by atoms with Crippen molar-refractivity contribution >= 4 is 5.91 Å². The third-order valence-corrected chi connectivity index (χ3v) is 2.56. The predicted molar refractivity (Wildman–Crippen MR) is 69.6 cm³/mol. The Hall–Kier alpha value is -2.44. The number of aromatic amines is 1. The van der Waals surface area contributed by atoms with Gasteiger partial charge in [0, 0.05) is 13.0 Å². The molecule has 0 unspecified atom stereocenters. The van der Waals surface area contributed by atoms with Gasteiger partial charge in [-0.05, 0) is 24.3 Å². The van der Waals surface area contributed by atoms with Gasteiger partial charge in [0.05, 0.1) is 13.0 Å². The van der Waals surface area contributed by atoms with Crippen LogP contribution in [0.25, 0.3) is 0 Å². The van der Waals surface area contributed by atoms with Crippen LogP contribution in [-0.4, -0.2) is 34.2 Å². The van der Waals surface area contributed by atoms with Gasteiger partial charge in [-0.15, -0.1) is 0 Å². The van der Waals surface area contributed by atoms with Crippen LogP contribution < -0.4 is 10.1 Å². The molecule has 20 heavy (non-hydrogen) atoms. The number of benzene rings is 1. The summed E-state index contributed by atoms with van der Waals surface area (Å²) in [5, 5.41) is 9.18. The van der Waals surface area contributed by atoms with Crippen LogP contribution in [0.3, 0.4) is 0 Å². The lowest BCUT2D eigenvalue weighted by atomic mass is 10.3. The van der Waals surface area contributed by atoms with Crippen LogP contribution in [0.15, 0.2) is 30.6 Å². The van der Waals surface area contributed by atoms with E-state index >= 15 is 0 Å². The van der Waals surface area contributed by atoms with Crippen molar-refractivity contribution in [3.8, 4) is 5.75 Å². The van der Waals surface area contributed by atoms with Gasteiger partial charge in [-0.3, -0.25) is 9.89 Å². The Morgan fingerprint density at radius 3 is 2.85 bits per heavy atom. The number of carbonyl (C=O) groups is 1. The van der Waals surface area contributed by atoms with Crippen LogP contribution in [0.5, 0.6) is 5.75 Å². The van der Waals surface area contributed by atoms with Gasteiger partial charge in [0.15, 0.2) is 0 Å². The molecule has 0 aliphatic carbocycles. The number of hydrogen-bond acceptors (Lipinski definition) is 4. The summed E-state index contributed by atoms with van der Waals surface area (Å²) in [6.07, 6.45) is 2.27. The molecule has 1 heterocycles. The van der Waals surface area contributed by atoms with E-state index in [1.165, 1.54) is 30.6 Å². The van der Waals surface area contributed by atoms with E-state index in [0.717, 1.165) is 5.82 Å². The first-order valence-corrected chi connectivity index (χ1v) is 6.23. The molecule has 2 N–H and O–H groups in total. The number of nitrogens with one attached hydrogen (secondary N) is 2. The number of rotatable bonds is 7. The highest BCUT2D eigenvalue weighted by molar-refractivity contribution is 5.75. The zero-order valence-electron chi connectivity index (χ0n) is 10.8. The maximum absolute atomic E-state index is 12.7. The minimum absolute atomic E-state index is 0.105. The normalized spacial score (nSPS) is 10.2. The lowest BCUT2D eigenvalue weighted by Crippen LogP contribution is -2.27.